The van der Waals surface area contributed by atoms with E-state index in [0.717, 1.165) is 0 Å². The first-order valence-corrected chi connectivity index (χ1v) is 6.04. The van der Waals surface area contributed by atoms with E-state index in [1.54, 1.807) is 11.8 Å². The van der Waals surface area contributed by atoms with Crippen molar-refractivity contribution in [3.63, 3.8) is 0 Å². The van der Waals surface area contributed by atoms with Crippen LogP contribution in [0.5, 0.6) is 0 Å². The Morgan fingerprint density at radius 2 is 1.90 bits per heavy atom. The highest BCUT2D eigenvalue weighted by molar-refractivity contribution is 6.04. The number of amides is 1. The molecule has 0 bridgehead atoms. The molecule has 0 aliphatic carbocycles. The molecule has 0 aliphatic heterocycles. The Hall–Kier alpha value is -2.50. The normalized spacial score (nSPS) is 10.2. The van der Waals surface area contributed by atoms with E-state index >= 15 is 0 Å². The Kier molecular flexibility index (Phi) is 3.93. The topological polar surface area (TPSA) is 58.1 Å². The van der Waals surface area contributed by atoms with Gasteiger partial charge in [-0.1, -0.05) is 0 Å². The van der Waals surface area contributed by atoms with E-state index < -0.39 is 0 Å². The molecule has 104 valence electrons. The lowest BCUT2D eigenvalue weighted by Gasteiger charge is -2.10. The van der Waals surface area contributed by atoms with Crippen LogP contribution in [0.4, 0.5) is 16.0 Å². The molecule has 1 heterocycles. The monoisotopic (exact) mass is 274 g/mol. The second kappa shape index (κ2) is 5.64. The lowest BCUT2D eigenvalue weighted by molar-refractivity contribution is 0.102. The number of benzene rings is 1. The second-order valence-corrected chi connectivity index (χ2v) is 4.58. The maximum Gasteiger partial charge on any atom is 0.258 e. The van der Waals surface area contributed by atoms with Crippen LogP contribution >= 0.6 is 0 Å². The van der Waals surface area contributed by atoms with Crippen LogP contribution < -0.4 is 10.2 Å². The van der Waals surface area contributed by atoms with Crippen molar-refractivity contribution in [3.8, 4) is 0 Å². The molecule has 0 saturated heterocycles. The van der Waals surface area contributed by atoms with E-state index in [1.165, 1.54) is 30.6 Å². The van der Waals surface area contributed by atoms with Gasteiger partial charge in [0.1, 0.15) is 5.82 Å². The first-order chi connectivity index (χ1) is 9.47. The zero-order chi connectivity index (χ0) is 14.7. The van der Waals surface area contributed by atoms with Gasteiger partial charge in [-0.2, -0.15) is 0 Å². The van der Waals surface area contributed by atoms with Gasteiger partial charge in [0.2, 0.25) is 5.95 Å². The number of rotatable bonds is 3. The summed E-state index contributed by atoms with van der Waals surface area (Å²) >= 11 is 0. The van der Waals surface area contributed by atoms with Crippen LogP contribution in [0.3, 0.4) is 0 Å². The van der Waals surface area contributed by atoms with E-state index in [0.29, 0.717) is 22.8 Å². The van der Waals surface area contributed by atoms with E-state index in [1.807, 2.05) is 14.1 Å². The van der Waals surface area contributed by atoms with E-state index in [2.05, 4.69) is 15.3 Å². The molecule has 20 heavy (non-hydrogen) atoms. The van der Waals surface area contributed by atoms with Crippen LogP contribution in [0.1, 0.15) is 15.9 Å². The molecule has 6 heteroatoms. The Morgan fingerprint density at radius 3 is 2.45 bits per heavy atom. The number of aryl methyl sites for hydroxylation is 1. The third-order valence-corrected chi connectivity index (χ3v) is 2.74. The maximum atomic E-state index is 13.0. The summed E-state index contributed by atoms with van der Waals surface area (Å²) in [6, 6.07) is 4.19. The minimum absolute atomic E-state index is 0.329. The number of carbonyl (C=O) groups is 1. The maximum absolute atomic E-state index is 13.0. The number of aromatic nitrogens is 2. The predicted octanol–water partition coefficient (Wildman–Crippen LogP) is 2.24. The van der Waals surface area contributed by atoms with Crippen molar-refractivity contribution in [2.24, 2.45) is 0 Å². The molecule has 2 rings (SSSR count). The molecular formula is C14H15FN4O. The van der Waals surface area contributed by atoms with Crippen LogP contribution in [0.15, 0.2) is 30.6 Å². The fraction of sp³-hybridized carbons (Fsp3) is 0.214. The number of hydrogen-bond acceptors (Lipinski definition) is 4. The van der Waals surface area contributed by atoms with Gasteiger partial charge >= 0.3 is 0 Å². The second-order valence-electron chi connectivity index (χ2n) is 4.58. The summed E-state index contributed by atoms with van der Waals surface area (Å²) < 4.78 is 13.0. The molecule has 5 nitrogen and oxygen atoms in total. The predicted molar refractivity (Wildman–Crippen MR) is 75.4 cm³/mol. The first kappa shape index (κ1) is 13.9. The Bertz CT molecular complexity index is 626. The SMILES string of the molecule is Cc1cc(F)ccc1NC(=O)c1cnc(N(C)C)nc1. The minimum Gasteiger partial charge on any atom is -0.347 e. The Morgan fingerprint density at radius 1 is 1.25 bits per heavy atom. The highest BCUT2D eigenvalue weighted by Crippen LogP contribution is 2.16. The van der Waals surface area contributed by atoms with Crippen molar-refractivity contribution < 1.29 is 9.18 Å². The standard InChI is InChI=1S/C14H15FN4O/c1-9-6-11(15)4-5-12(9)18-13(20)10-7-16-14(17-8-10)19(2)3/h4-8H,1-3H3,(H,18,20). The molecule has 0 unspecified atom stereocenters. The molecule has 2 aromatic rings. The lowest BCUT2D eigenvalue weighted by atomic mass is 10.2. The summed E-state index contributed by atoms with van der Waals surface area (Å²) in [5, 5.41) is 2.70. The van der Waals surface area contributed by atoms with Crippen molar-refractivity contribution in [1.29, 1.82) is 0 Å². The molecule has 0 atom stereocenters. The zero-order valence-electron chi connectivity index (χ0n) is 11.5. The number of halogens is 1. The third-order valence-electron chi connectivity index (χ3n) is 2.74. The Labute approximate surface area is 116 Å². The van der Waals surface area contributed by atoms with Gasteiger partial charge in [-0.25, -0.2) is 14.4 Å². The van der Waals surface area contributed by atoms with Gasteiger partial charge in [0.15, 0.2) is 0 Å². The summed E-state index contributed by atoms with van der Waals surface area (Å²) in [6.45, 7) is 1.73. The fourth-order valence-corrected chi connectivity index (χ4v) is 1.63. The van der Waals surface area contributed by atoms with Crippen molar-refractivity contribution in [3.05, 3.63) is 47.5 Å². The average molecular weight is 274 g/mol. The van der Waals surface area contributed by atoms with Gasteiger partial charge in [-0.3, -0.25) is 4.79 Å². The summed E-state index contributed by atoms with van der Waals surface area (Å²) in [5.74, 6) is -0.135. The van der Waals surface area contributed by atoms with Crippen molar-refractivity contribution >= 4 is 17.5 Å². The number of hydrogen-bond donors (Lipinski definition) is 1. The molecule has 1 aromatic heterocycles. The van der Waals surface area contributed by atoms with Gasteiger partial charge in [-0.05, 0) is 30.7 Å². The van der Waals surface area contributed by atoms with E-state index in [-0.39, 0.29) is 11.7 Å². The largest absolute Gasteiger partial charge is 0.347 e. The zero-order valence-corrected chi connectivity index (χ0v) is 11.5. The number of anilines is 2. The number of nitrogens with zero attached hydrogens (tertiary/aromatic N) is 3. The average Bonchev–Trinajstić information content (AvgIpc) is 2.42. The molecule has 1 aromatic carbocycles. The molecule has 0 radical (unpaired) electrons. The fourth-order valence-electron chi connectivity index (χ4n) is 1.63. The van der Waals surface area contributed by atoms with Crippen LogP contribution in [-0.4, -0.2) is 30.0 Å². The summed E-state index contributed by atoms with van der Waals surface area (Å²) in [6.07, 6.45) is 2.91. The Balaban J connectivity index is 2.15. The molecule has 0 fully saturated rings. The van der Waals surface area contributed by atoms with Gasteiger partial charge in [0.25, 0.3) is 5.91 Å². The van der Waals surface area contributed by atoms with Crippen LogP contribution in [0.2, 0.25) is 0 Å². The summed E-state index contributed by atoms with van der Waals surface area (Å²) in [4.78, 5) is 21.9. The van der Waals surface area contributed by atoms with E-state index in [9.17, 15) is 9.18 Å². The summed E-state index contributed by atoms with van der Waals surface area (Å²) in [5.41, 5.74) is 1.57. The molecule has 0 saturated carbocycles. The van der Waals surface area contributed by atoms with Crippen LogP contribution in [0.25, 0.3) is 0 Å². The molecular weight excluding hydrogens is 259 g/mol. The minimum atomic E-state index is -0.334. The van der Waals surface area contributed by atoms with E-state index in [4.69, 9.17) is 0 Å². The van der Waals surface area contributed by atoms with Gasteiger partial charge in [0, 0.05) is 32.2 Å². The summed E-state index contributed by atoms with van der Waals surface area (Å²) in [7, 11) is 3.63. The van der Waals surface area contributed by atoms with Crippen LogP contribution in [0, 0.1) is 12.7 Å². The smallest absolute Gasteiger partial charge is 0.258 e. The molecule has 1 amide bonds. The van der Waals surface area contributed by atoms with Gasteiger partial charge in [0.05, 0.1) is 5.56 Å². The van der Waals surface area contributed by atoms with Crippen molar-refractivity contribution in [2.45, 2.75) is 6.92 Å². The first-order valence-electron chi connectivity index (χ1n) is 6.04. The number of nitrogens with one attached hydrogen (secondary N) is 1. The molecule has 1 N–H and O–H groups in total. The number of carbonyl (C=O) groups excluding carboxylic acids is 1. The lowest BCUT2D eigenvalue weighted by Crippen LogP contribution is -2.16. The third kappa shape index (κ3) is 3.09. The highest BCUT2D eigenvalue weighted by Gasteiger charge is 2.10. The molecule has 0 spiro atoms. The van der Waals surface area contributed by atoms with Crippen molar-refractivity contribution in [2.75, 3.05) is 24.3 Å². The molecule has 0 aliphatic rings. The van der Waals surface area contributed by atoms with Gasteiger partial charge in [-0.15, -0.1) is 0 Å². The quantitative estimate of drug-likeness (QED) is 0.932. The van der Waals surface area contributed by atoms with Crippen LogP contribution in [-0.2, 0) is 0 Å². The van der Waals surface area contributed by atoms with Gasteiger partial charge < -0.3 is 10.2 Å². The van der Waals surface area contributed by atoms with Crippen molar-refractivity contribution in [1.82, 2.24) is 9.97 Å². The highest BCUT2D eigenvalue weighted by atomic mass is 19.1.